The van der Waals surface area contributed by atoms with E-state index in [1.165, 1.54) is 36.8 Å². The molecule has 1 fully saturated rings. The van der Waals surface area contributed by atoms with Crippen molar-refractivity contribution < 1.29 is 9.90 Å². The number of carboxylic acid groups (broad SMARTS) is 1. The van der Waals surface area contributed by atoms with Crippen LogP contribution in [0.25, 0.3) is 0 Å². The molecule has 2 rings (SSSR count). The highest BCUT2D eigenvalue weighted by Gasteiger charge is 2.27. The maximum absolute atomic E-state index is 11.0. The van der Waals surface area contributed by atoms with Gasteiger partial charge < -0.3 is 5.11 Å². The van der Waals surface area contributed by atoms with E-state index >= 15 is 0 Å². The summed E-state index contributed by atoms with van der Waals surface area (Å²) in [5, 5.41) is 9.02. The minimum absolute atomic E-state index is 0.231. The van der Waals surface area contributed by atoms with Gasteiger partial charge in [0.15, 0.2) is 0 Å². The Balaban J connectivity index is 2.11. The number of hydrogen-bond acceptors (Lipinski definition) is 2. The van der Waals surface area contributed by atoms with Gasteiger partial charge in [0.25, 0.3) is 0 Å². The fourth-order valence-corrected chi connectivity index (χ4v) is 3.45. The van der Waals surface area contributed by atoms with Gasteiger partial charge in [-0.15, -0.1) is 0 Å². The smallest absolute Gasteiger partial charge is 0.304 e. The van der Waals surface area contributed by atoms with Gasteiger partial charge >= 0.3 is 5.97 Å². The molecule has 1 saturated carbocycles. The van der Waals surface area contributed by atoms with Crippen LogP contribution < -0.4 is 0 Å². The van der Waals surface area contributed by atoms with E-state index in [1.807, 2.05) is 0 Å². The summed E-state index contributed by atoms with van der Waals surface area (Å²) in [7, 11) is 0. The lowest BCUT2D eigenvalue weighted by Crippen LogP contribution is -2.42. The molecule has 3 nitrogen and oxygen atoms in total. The Kier molecular flexibility index (Phi) is 5.80. The summed E-state index contributed by atoms with van der Waals surface area (Å²) in [4.78, 5) is 13.4. The Morgan fingerprint density at radius 2 is 2.00 bits per heavy atom. The number of aliphatic carboxylic acids is 1. The molecule has 0 amide bonds. The third-order valence-electron chi connectivity index (χ3n) is 4.78. The van der Waals surface area contributed by atoms with Crippen molar-refractivity contribution in [2.24, 2.45) is 5.92 Å². The lowest BCUT2D eigenvalue weighted by atomic mass is 9.84. The van der Waals surface area contributed by atoms with Gasteiger partial charge in [0.05, 0.1) is 6.42 Å². The summed E-state index contributed by atoms with van der Waals surface area (Å²) >= 11 is 0. The van der Waals surface area contributed by atoms with Gasteiger partial charge in [0.1, 0.15) is 0 Å². The predicted octanol–water partition coefficient (Wildman–Crippen LogP) is 3.85. The van der Waals surface area contributed by atoms with Crippen LogP contribution in [0.3, 0.4) is 0 Å². The maximum atomic E-state index is 11.0. The molecular weight excluding hydrogens is 262 g/mol. The molecule has 0 saturated heterocycles. The van der Waals surface area contributed by atoms with Crippen LogP contribution in [0.1, 0.15) is 50.2 Å². The van der Waals surface area contributed by atoms with Crippen molar-refractivity contribution >= 4 is 5.97 Å². The number of carboxylic acids is 1. The van der Waals surface area contributed by atoms with Crippen LogP contribution >= 0.6 is 0 Å². The number of carbonyl (C=O) groups is 1. The lowest BCUT2D eigenvalue weighted by molar-refractivity contribution is -0.137. The minimum Gasteiger partial charge on any atom is -0.481 e. The molecule has 0 aromatic heterocycles. The molecule has 0 heterocycles. The lowest BCUT2D eigenvalue weighted by Gasteiger charge is -2.38. The molecule has 1 aromatic carbocycles. The normalized spacial score (nSPS) is 22.4. The third kappa shape index (κ3) is 4.57. The molecular formula is C18H27NO2. The molecule has 1 N–H and O–H groups in total. The van der Waals surface area contributed by atoms with Crippen molar-refractivity contribution in [3.8, 4) is 0 Å². The third-order valence-corrected chi connectivity index (χ3v) is 4.78. The van der Waals surface area contributed by atoms with E-state index in [2.05, 4.69) is 43.0 Å². The molecule has 0 radical (unpaired) electrons. The topological polar surface area (TPSA) is 40.5 Å². The number of aryl methyl sites for hydroxylation is 1. The molecule has 1 aromatic rings. The average Bonchev–Trinajstić information content (AvgIpc) is 2.46. The second-order valence-electron chi connectivity index (χ2n) is 6.37. The summed E-state index contributed by atoms with van der Waals surface area (Å²) in [5.41, 5.74) is 2.61. The van der Waals surface area contributed by atoms with E-state index in [0.29, 0.717) is 18.5 Å². The Hall–Kier alpha value is -1.35. The molecule has 2 atom stereocenters. The van der Waals surface area contributed by atoms with Crippen molar-refractivity contribution in [2.75, 3.05) is 6.54 Å². The van der Waals surface area contributed by atoms with Crippen molar-refractivity contribution in [3.63, 3.8) is 0 Å². The quantitative estimate of drug-likeness (QED) is 0.864. The highest BCUT2D eigenvalue weighted by atomic mass is 16.4. The van der Waals surface area contributed by atoms with Gasteiger partial charge in [0, 0.05) is 19.1 Å². The zero-order valence-electron chi connectivity index (χ0n) is 13.2. The summed E-state index contributed by atoms with van der Waals surface area (Å²) < 4.78 is 0. The first-order valence-electron chi connectivity index (χ1n) is 8.08. The van der Waals surface area contributed by atoms with Crippen molar-refractivity contribution in [3.05, 3.63) is 35.4 Å². The number of hydrogen-bond donors (Lipinski definition) is 1. The predicted molar refractivity (Wildman–Crippen MR) is 85.3 cm³/mol. The molecule has 0 aliphatic heterocycles. The highest BCUT2D eigenvalue weighted by molar-refractivity contribution is 5.66. The minimum atomic E-state index is -0.701. The molecule has 116 valence electrons. The van der Waals surface area contributed by atoms with Gasteiger partial charge in [-0.05, 0) is 36.8 Å². The maximum Gasteiger partial charge on any atom is 0.304 e. The van der Waals surface area contributed by atoms with Crippen molar-refractivity contribution in [1.29, 1.82) is 0 Å². The van der Waals surface area contributed by atoms with Crippen LogP contribution in [0, 0.1) is 12.8 Å². The van der Waals surface area contributed by atoms with Crippen LogP contribution in [0.5, 0.6) is 0 Å². The first kappa shape index (κ1) is 16.0. The van der Waals surface area contributed by atoms with Gasteiger partial charge in [0.2, 0.25) is 0 Å². The summed E-state index contributed by atoms with van der Waals surface area (Å²) in [5.74, 6) is -0.0372. The van der Waals surface area contributed by atoms with E-state index in [-0.39, 0.29) is 6.42 Å². The van der Waals surface area contributed by atoms with E-state index in [9.17, 15) is 4.79 Å². The zero-order chi connectivity index (χ0) is 15.2. The number of rotatable bonds is 6. The Labute approximate surface area is 128 Å². The van der Waals surface area contributed by atoms with Crippen LogP contribution in [0.4, 0.5) is 0 Å². The Morgan fingerprint density at radius 3 is 2.67 bits per heavy atom. The summed E-state index contributed by atoms with van der Waals surface area (Å²) in [6, 6.07) is 8.95. The molecule has 3 heteroatoms. The number of benzene rings is 1. The largest absolute Gasteiger partial charge is 0.481 e. The highest BCUT2D eigenvalue weighted by Crippen LogP contribution is 2.29. The fourth-order valence-electron chi connectivity index (χ4n) is 3.45. The molecule has 0 bridgehead atoms. The van der Waals surface area contributed by atoms with E-state index in [4.69, 9.17) is 5.11 Å². The molecule has 1 aliphatic carbocycles. The molecule has 0 spiro atoms. The van der Waals surface area contributed by atoms with Crippen LogP contribution in [-0.4, -0.2) is 28.6 Å². The summed E-state index contributed by atoms with van der Waals surface area (Å²) in [6.45, 7) is 5.97. The SMILES string of the molecule is Cc1ccccc1CN(CCC(=O)O)C1CCCCC1C. The molecule has 2 unspecified atom stereocenters. The van der Waals surface area contributed by atoms with E-state index in [1.54, 1.807) is 0 Å². The average molecular weight is 289 g/mol. The first-order valence-corrected chi connectivity index (χ1v) is 8.08. The second kappa shape index (κ2) is 7.60. The van der Waals surface area contributed by atoms with E-state index < -0.39 is 5.97 Å². The van der Waals surface area contributed by atoms with E-state index in [0.717, 1.165) is 6.54 Å². The van der Waals surface area contributed by atoms with Crippen LogP contribution in [-0.2, 0) is 11.3 Å². The van der Waals surface area contributed by atoms with Crippen LogP contribution in [0.15, 0.2) is 24.3 Å². The van der Waals surface area contributed by atoms with Crippen molar-refractivity contribution in [1.82, 2.24) is 4.90 Å². The second-order valence-corrected chi connectivity index (χ2v) is 6.37. The van der Waals surface area contributed by atoms with Gasteiger partial charge in [-0.2, -0.15) is 0 Å². The van der Waals surface area contributed by atoms with Gasteiger partial charge in [-0.3, -0.25) is 9.69 Å². The fraction of sp³-hybridized carbons (Fsp3) is 0.611. The molecule has 21 heavy (non-hydrogen) atoms. The van der Waals surface area contributed by atoms with Gasteiger partial charge in [-0.25, -0.2) is 0 Å². The van der Waals surface area contributed by atoms with Gasteiger partial charge in [-0.1, -0.05) is 44.0 Å². The van der Waals surface area contributed by atoms with Crippen molar-refractivity contribution in [2.45, 2.75) is 58.5 Å². The monoisotopic (exact) mass is 289 g/mol. The first-order chi connectivity index (χ1) is 10.1. The Morgan fingerprint density at radius 1 is 1.29 bits per heavy atom. The Bertz CT molecular complexity index is 472. The van der Waals surface area contributed by atoms with Crippen LogP contribution in [0.2, 0.25) is 0 Å². The molecule has 1 aliphatic rings. The summed E-state index contributed by atoms with van der Waals surface area (Å²) in [6.07, 6.45) is 5.28. The number of nitrogens with zero attached hydrogens (tertiary/aromatic N) is 1. The standard InChI is InChI=1S/C18H27NO2/c1-14-7-3-5-9-16(14)13-19(12-11-18(20)21)17-10-6-4-8-15(17)2/h3,5,7,9,15,17H,4,6,8,10-13H2,1-2H3,(H,20,21). The zero-order valence-corrected chi connectivity index (χ0v) is 13.2.